The Labute approximate surface area is 182 Å². The highest BCUT2D eigenvalue weighted by atomic mass is 32.1. The minimum atomic E-state index is -0.235. The van der Waals surface area contributed by atoms with E-state index in [0.29, 0.717) is 0 Å². The molecule has 0 saturated carbocycles. The summed E-state index contributed by atoms with van der Waals surface area (Å²) in [6, 6.07) is 14.9. The Morgan fingerprint density at radius 3 is 2.67 bits per heavy atom. The molecule has 1 saturated heterocycles. The number of pyridine rings is 1. The van der Waals surface area contributed by atoms with Crippen LogP contribution in [0.1, 0.15) is 54.5 Å². The van der Waals surface area contributed by atoms with Gasteiger partial charge in [0.15, 0.2) is 5.11 Å². The Kier molecular flexibility index (Phi) is 5.86. The van der Waals surface area contributed by atoms with Gasteiger partial charge in [0.2, 0.25) is 0 Å². The summed E-state index contributed by atoms with van der Waals surface area (Å²) in [5.41, 5.74) is 5.16. The van der Waals surface area contributed by atoms with Crippen molar-refractivity contribution >= 4 is 17.3 Å². The first-order chi connectivity index (χ1) is 14.5. The van der Waals surface area contributed by atoms with Crippen molar-refractivity contribution in [2.24, 2.45) is 0 Å². The molecule has 6 heteroatoms. The fraction of sp³-hybridized carbons (Fsp3) is 0.333. The molecule has 3 heterocycles. The summed E-state index contributed by atoms with van der Waals surface area (Å²) in [6.45, 7) is 7.24. The van der Waals surface area contributed by atoms with Gasteiger partial charge in [0.1, 0.15) is 5.82 Å². The molecule has 156 valence electrons. The fourth-order valence-electron chi connectivity index (χ4n) is 4.41. The van der Waals surface area contributed by atoms with Crippen LogP contribution in [-0.4, -0.2) is 26.1 Å². The lowest BCUT2D eigenvalue weighted by molar-refractivity contribution is 0.312. The van der Waals surface area contributed by atoms with Gasteiger partial charge in [-0.1, -0.05) is 25.5 Å². The van der Waals surface area contributed by atoms with E-state index in [1.54, 1.807) is 12.1 Å². The van der Waals surface area contributed by atoms with Crippen LogP contribution in [0.4, 0.5) is 4.39 Å². The Bertz CT molecular complexity index is 1050. The molecule has 1 aliphatic rings. The zero-order chi connectivity index (χ0) is 21.3. The number of aryl methyl sites for hydroxylation is 1. The van der Waals surface area contributed by atoms with Crippen LogP contribution in [0.2, 0.25) is 0 Å². The van der Waals surface area contributed by atoms with E-state index in [-0.39, 0.29) is 17.9 Å². The molecular formula is C24H27FN4S. The average molecular weight is 423 g/mol. The van der Waals surface area contributed by atoms with Gasteiger partial charge in [-0.25, -0.2) is 4.39 Å². The number of thiocarbonyl (C=S) groups is 1. The van der Waals surface area contributed by atoms with Gasteiger partial charge in [0.05, 0.1) is 17.8 Å². The van der Waals surface area contributed by atoms with Crippen molar-refractivity contribution < 1.29 is 4.39 Å². The Morgan fingerprint density at radius 1 is 1.13 bits per heavy atom. The molecule has 0 amide bonds. The second-order valence-electron chi connectivity index (χ2n) is 7.82. The molecule has 3 aromatic rings. The van der Waals surface area contributed by atoms with Crippen molar-refractivity contribution in [1.82, 2.24) is 19.8 Å². The highest BCUT2D eigenvalue weighted by Crippen LogP contribution is 2.41. The zero-order valence-corrected chi connectivity index (χ0v) is 18.4. The van der Waals surface area contributed by atoms with Crippen LogP contribution in [0.3, 0.4) is 0 Å². The second kappa shape index (κ2) is 8.56. The van der Waals surface area contributed by atoms with E-state index in [0.717, 1.165) is 47.3 Å². The number of hydrogen-bond acceptors (Lipinski definition) is 2. The third-order valence-corrected chi connectivity index (χ3v) is 6.16. The molecule has 1 aromatic carbocycles. The summed E-state index contributed by atoms with van der Waals surface area (Å²) < 4.78 is 16.0. The molecule has 1 aliphatic heterocycles. The number of nitrogens with zero attached hydrogens (tertiary/aromatic N) is 3. The van der Waals surface area contributed by atoms with Gasteiger partial charge in [0.25, 0.3) is 0 Å². The molecule has 30 heavy (non-hydrogen) atoms. The van der Waals surface area contributed by atoms with E-state index in [4.69, 9.17) is 12.2 Å². The van der Waals surface area contributed by atoms with Gasteiger partial charge >= 0.3 is 0 Å². The minimum absolute atomic E-state index is 0.0305. The van der Waals surface area contributed by atoms with Crippen LogP contribution in [0.15, 0.2) is 54.7 Å². The summed E-state index contributed by atoms with van der Waals surface area (Å²) in [4.78, 5) is 6.90. The molecule has 0 unspecified atom stereocenters. The number of nitrogens with one attached hydrogen (secondary N) is 1. The van der Waals surface area contributed by atoms with Crippen LogP contribution in [0.25, 0.3) is 5.69 Å². The zero-order valence-electron chi connectivity index (χ0n) is 17.6. The number of rotatable bonds is 6. The van der Waals surface area contributed by atoms with E-state index < -0.39 is 0 Å². The predicted molar refractivity (Wildman–Crippen MR) is 122 cm³/mol. The maximum atomic E-state index is 13.9. The van der Waals surface area contributed by atoms with Gasteiger partial charge in [-0.3, -0.25) is 4.98 Å². The Balaban J connectivity index is 1.82. The van der Waals surface area contributed by atoms with Gasteiger partial charge in [-0.15, -0.1) is 0 Å². The van der Waals surface area contributed by atoms with E-state index in [1.165, 1.54) is 11.6 Å². The number of unbranched alkanes of at least 4 members (excludes halogenated alkanes) is 1. The van der Waals surface area contributed by atoms with Crippen molar-refractivity contribution in [3.8, 4) is 5.69 Å². The van der Waals surface area contributed by atoms with Crippen LogP contribution < -0.4 is 5.32 Å². The molecule has 0 bridgehead atoms. The molecule has 0 radical (unpaired) electrons. The van der Waals surface area contributed by atoms with Crippen LogP contribution in [-0.2, 0) is 0 Å². The smallest absolute Gasteiger partial charge is 0.170 e. The third-order valence-electron chi connectivity index (χ3n) is 5.81. The topological polar surface area (TPSA) is 33.1 Å². The summed E-state index contributed by atoms with van der Waals surface area (Å²) in [6.07, 6.45) is 3.99. The number of aromatic nitrogens is 2. The summed E-state index contributed by atoms with van der Waals surface area (Å²) in [5.74, 6) is -0.235. The maximum absolute atomic E-state index is 13.9. The van der Waals surface area contributed by atoms with E-state index in [9.17, 15) is 4.39 Å². The maximum Gasteiger partial charge on any atom is 0.170 e. The Morgan fingerprint density at radius 2 is 1.97 bits per heavy atom. The van der Waals surface area contributed by atoms with Crippen LogP contribution in [0.5, 0.6) is 0 Å². The average Bonchev–Trinajstić information content (AvgIpc) is 3.22. The SMILES string of the molecule is CCCCN1C(=S)N[C@@H](c2ccccn2)[C@H]1c1cc(C)n(-c2cccc(F)c2)c1C. The molecule has 1 N–H and O–H groups in total. The lowest BCUT2D eigenvalue weighted by atomic mass is 9.96. The molecule has 2 aromatic heterocycles. The number of halogens is 1. The largest absolute Gasteiger partial charge is 0.352 e. The summed E-state index contributed by atoms with van der Waals surface area (Å²) in [5, 5.41) is 4.27. The first-order valence-electron chi connectivity index (χ1n) is 10.4. The summed E-state index contributed by atoms with van der Waals surface area (Å²) >= 11 is 5.73. The molecule has 0 spiro atoms. The van der Waals surface area contributed by atoms with Crippen molar-refractivity contribution in [2.75, 3.05) is 6.54 Å². The highest BCUT2D eigenvalue weighted by molar-refractivity contribution is 7.80. The number of benzene rings is 1. The van der Waals surface area contributed by atoms with Crippen molar-refractivity contribution in [3.05, 3.63) is 83.2 Å². The lowest BCUT2D eigenvalue weighted by Crippen LogP contribution is -2.30. The first kappa shape index (κ1) is 20.5. The Hall–Kier alpha value is -2.73. The van der Waals surface area contributed by atoms with E-state index in [2.05, 4.69) is 46.6 Å². The molecule has 4 rings (SSSR count). The molecular weight excluding hydrogens is 395 g/mol. The van der Waals surface area contributed by atoms with Crippen molar-refractivity contribution in [3.63, 3.8) is 0 Å². The van der Waals surface area contributed by atoms with Crippen molar-refractivity contribution in [1.29, 1.82) is 0 Å². The molecule has 2 atom stereocenters. The monoisotopic (exact) mass is 422 g/mol. The van der Waals surface area contributed by atoms with Crippen molar-refractivity contribution in [2.45, 2.75) is 45.7 Å². The number of hydrogen-bond donors (Lipinski definition) is 1. The normalized spacial score (nSPS) is 18.7. The van der Waals surface area contributed by atoms with Gasteiger partial charge in [-0.05, 0) is 74.4 Å². The van der Waals surface area contributed by atoms with Crippen LogP contribution >= 0.6 is 12.2 Å². The van der Waals surface area contributed by atoms with Gasteiger partial charge in [-0.2, -0.15) is 0 Å². The third kappa shape index (κ3) is 3.72. The van der Waals surface area contributed by atoms with Crippen LogP contribution in [0, 0.1) is 19.7 Å². The first-order valence-corrected chi connectivity index (χ1v) is 10.8. The van der Waals surface area contributed by atoms with E-state index >= 15 is 0 Å². The van der Waals surface area contributed by atoms with E-state index in [1.807, 2.05) is 30.5 Å². The quantitative estimate of drug-likeness (QED) is 0.539. The molecule has 0 aliphatic carbocycles. The fourth-order valence-corrected chi connectivity index (χ4v) is 4.74. The van der Waals surface area contributed by atoms with Gasteiger partial charge < -0.3 is 14.8 Å². The summed E-state index contributed by atoms with van der Waals surface area (Å²) in [7, 11) is 0. The predicted octanol–water partition coefficient (Wildman–Crippen LogP) is 5.40. The minimum Gasteiger partial charge on any atom is -0.352 e. The highest BCUT2D eigenvalue weighted by Gasteiger charge is 2.41. The standard InChI is InChI=1S/C24H27FN4S/c1-4-5-13-28-23(22(27-24(28)30)21-11-6-7-12-26-21)20-14-16(2)29(17(20)3)19-10-8-9-18(25)15-19/h6-12,14-15,22-23H,4-5,13H2,1-3H3,(H,27,30)/t22-,23+/m0/s1. The lowest BCUT2D eigenvalue weighted by Gasteiger charge is -2.28. The second-order valence-corrected chi connectivity index (χ2v) is 8.20. The molecule has 1 fully saturated rings. The molecule has 4 nitrogen and oxygen atoms in total. The van der Waals surface area contributed by atoms with Gasteiger partial charge in [0, 0.05) is 29.8 Å².